The zero-order valence-electron chi connectivity index (χ0n) is 17.9. The Balaban J connectivity index is 1.96. The van der Waals surface area contributed by atoms with Crippen molar-refractivity contribution in [3.05, 3.63) is 75.3 Å². The zero-order chi connectivity index (χ0) is 24.0. The van der Waals surface area contributed by atoms with Crippen molar-refractivity contribution in [1.29, 1.82) is 5.26 Å². The van der Waals surface area contributed by atoms with E-state index in [9.17, 15) is 29.8 Å². The van der Waals surface area contributed by atoms with E-state index in [2.05, 4.69) is 6.07 Å². The van der Waals surface area contributed by atoms with E-state index in [-0.39, 0.29) is 29.9 Å². The summed E-state index contributed by atoms with van der Waals surface area (Å²) in [7, 11) is 0. The summed E-state index contributed by atoms with van der Waals surface area (Å²) in [5, 5.41) is 20.7. The molecule has 2 aliphatic rings. The molecule has 1 aliphatic heterocycles. The van der Waals surface area contributed by atoms with Crippen molar-refractivity contribution in [3.8, 4) is 6.07 Å². The molecule has 1 heterocycles. The van der Waals surface area contributed by atoms with Gasteiger partial charge in [0.05, 0.1) is 16.6 Å². The van der Waals surface area contributed by atoms with E-state index in [1.165, 1.54) is 38.1 Å². The first-order chi connectivity index (χ1) is 15.6. The number of ketones is 1. The van der Waals surface area contributed by atoms with Crippen LogP contribution in [0.2, 0.25) is 0 Å². The first kappa shape index (κ1) is 22.1. The minimum atomic E-state index is -1.94. The van der Waals surface area contributed by atoms with Crippen LogP contribution in [0.3, 0.4) is 0 Å². The van der Waals surface area contributed by atoms with Gasteiger partial charge in [0.2, 0.25) is 0 Å². The minimum absolute atomic E-state index is 0.159. The predicted octanol–water partition coefficient (Wildman–Crippen LogP) is 3.52. The molecule has 168 valence electrons. The monoisotopic (exact) mass is 448 g/mol. The summed E-state index contributed by atoms with van der Waals surface area (Å²) >= 11 is 0. The van der Waals surface area contributed by atoms with E-state index < -0.39 is 39.9 Å². The summed E-state index contributed by atoms with van der Waals surface area (Å²) in [5.41, 5.74) is -1.12. The minimum Gasteiger partial charge on any atom is -0.422 e. The van der Waals surface area contributed by atoms with Crippen LogP contribution >= 0.6 is 0 Å². The number of nitriles is 1. The summed E-state index contributed by atoms with van der Waals surface area (Å²) in [5.74, 6) is -5.42. The van der Waals surface area contributed by atoms with Crippen molar-refractivity contribution < 1.29 is 28.8 Å². The highest BCUT2D eigenvalue weighted by atomic mass is 16.7. The van der Waals surface area contributed by atoms with Gasteiger partial charge in [0.1, 0.15) is 5.78 Å². The van der Waals surface area contributed by atoms with Gasteiger partial charge < -0.3 is 9.47 Å². The molecule has 0 amide bonds. The van der Waals surface area contributed by atoms with Crippen LogP contribution < -0.4 is 0 Å². The van der Waals surface area contributed by atoms with Crippen molar-refractivity contribution in [2.45, 2.75) is 44.3 Å². The largest absolute Gasteiger partial charge is 0.422 e. The van der Waals surface area contributed by atoms with Crippen molar-refractivity contribution in [2.75, 3.05) is 0 Å². The number of benzene rings is 2. The number of nitrogens with zero attached hydrogens (tertiary/aromatic N) is 2. The Hall–Kier alpha value is -4.06. The molecule has 4 rings (SSSR count). The van der Waals surface area contributed by atoms with Gasteiger partial charge >= 0.3 is 11.9 Å². The number of Topliss-reactive ketones (excluding diaryl/α,β-unsaturated/α-hetero) is 1. The predicted molar refractivity (Wildman–Crippen MR) is 113 cm³/mol. The number of carbonyl (C=O) groups is 3. The molecule has 1 spiro atoms. The molecule has 2 aromatic rings. The fourth-order valence-electron chi connectivity index (χ4n) is 4.86. The van der Waals surface area contributed by atoms with E-state index in [1.807, 2.05) is 0 Å². The highest BCUT2D eigenvalue weighted by Crippen LogP contribution is 2.58. The molecule has 2 atom stereocenters. The first-order valence-electron chi connectivity index (χ1n) is 10.3. The second-order valence-corrected chi connectivity index (χ2v) is 8.65. The number of nitro benzene ring substituents is 1. The van der Waals surface area contributed by atoms with E-state index in [1.54, 1.807) is 24.3 Å². The van der Waals surface area contributed by atoms with Crippen LogP contribution in [0, 0.1) is 26.9 Å². The maximum Gasteiger partial charge on any atom is 0.328 e. The summed E-state index contributed by atoms with van der Waals surface area (Å²) in [4.78, 5) is 50.6. The molecule has 0 N–H and O–H groups in total. The summed E-state index contributed by atoms with van der Waals surface area (Å²) in [6.45, 7) is 2.87. The Bertz CT molecular complexity index is 1190. The second-order valence-electron chi connectivity index (χ2n) is 8.65. The lowest BCUT2D eigenvalue weighted by molar-refractivity contribution is -0.384. The van der Waals surface area contributed by atoms with E-state index >= 15 is 0 Å². The highest BCUT2D eigenvalue weighted by Gasteiger charge is 2.67. The number of ether oxygens (including phenoxy) is 2. The Morgan fingerprint density at radius 2 is 1.55 bits per heavy atom. The molecule has 9 nitrogen and oxygen atoms in total. The lowest BCUT2D eigenvalue weighted by Crippen LogP contribution is -2.61. The van der Waals surface area contributed by atoms with Crippen molar-refractivity contribution in [2.24, 2.45) is 5.41 Å². The number of carbonyl (C=O) groups excluding carboxylic acids is 3. The number of esters is 2. The Labute approximate surface area is 189 Å². The fourth-order valence-corrected chi connectivity index (χ4v) is 4.86. The van der Waals surface area contributed by atoms with Crippen molar-refractivity contribution in [3.63, 3.8) is 0 Å². The number of non-ortho nitro benzene ring substituents is 1. The normalized spacial score (nSPS) is 23.4. The van der Waals surface area contributed by atoms with E-state index in [4.69, 9.17) is 9.47 Å². The third-order valence-electron chi connectivity index (χ3n) is 6.28. The van der Waals surface area contributed by atoms with Crippen LogP contribution in [0.1, 0.15) is 55.2 Å². The number of hydrogen-bond donors (Lipinski definition) is 0. The third-order valence-corrected chi connectivity index (χ3v) is 6.28. The molecule has 1 aliphatic carbocycles. The van der Waals surface area contributed by atoms with E-state index in [0.29, 0.717) is 11.1 Å². The zero-order valence-corrected chi connectivity index (χ0v) is 17.9. The number of hydrogen-bond acceptors (Lipinski definition) is 8. The molecule has 0 radical (unpaired) electrons. The van der Waals surface area contributed by atoms with Gasteiger partial charge in [0, 0.05) is 50.7 Å². The maximum atomic E-state index is 13.6. The van der Waals surface area contributed by atoms with Crippen LogP contribution in [0.15, 0.2) is 48.5 Å². The molecular weight excluding hydrogens is 428 g/mol. The fraction of sp³-hybridized carbons (Fsp3) is 0.333. The SMILES string of the molecule is CC1(C)OC(=O)C2(C(=O)O1)[C@@H](c1ccc([N+](=O)[O-])cc1)CC(=O)C[C@H]2c1ccccc1C#N. The van der Waals surface area contributed by atoms with Gasteiger partial charge in [-0.05, 0) is 17.2 Å². The van der Waals surface area contributed by atoms with Gasteiger partial charge in [-0.1, -0.05) is 30.3 Å². The van der Waals surface area contributed by atoms with Crippen LogP contribution in [-0.2, 0) is 23.9 Å². The molecule has 0 bridgehead atoms. The van der Waals surface area contributed by atoms with Crippen LogP contribution in [0.5, 0.6) is 0 Å². The number of rotatable bonds is 3. The second kappa shape index (κ2) is 7.81. The average molecular weight is 448 g/mol. The first-order valence-corrected chi connectivity index (χ1v) is 10.3. The molecule has 2 fully saturated rings. The van der Waals surface area contributed by atoms with Gasteiger partial charge in [-0.15, -0.1) is 0 Å². The molecule has 33 heavy (non-hydrogen) atoms. The van der Waals surface area contributed by atoms with Gasteiger partial charge in [-0.25, -0.2) is 0 Å². The summed E-state index contributed by atoms with van der Waals surface area (Å²) in [6.07, 6.45) is -0.319. The topological polar surface area (TPSA) is 137 Å². The highest BCUT2D eigenvalue weighted by molar-refractivity contribution is 6.06. The Morgan fingerprint density at radius 3 is 2.12 bits per heavy atom. The molecule has 0 aromatic heterocycles. The van der Waals surface area contributed by atoms with Gasteiger partial charge in [0.15, 0.2) is 5.41 Å². The van der Waals surface area contributed by atoms with Gasteiger partial charge in [-0.2, -0.15) is 5.26 Å². The average Bonchev–Trinajstić information content (AvgIpc) is 2.77. The third kappa shape index (κ3) is 3.53. The number of cyclic esters (lactones) is 2. The van der Waals surface area contributed by atoms with Gasteiger partial charge in [0.25, 0.3) is 11.5 Å². The Kier molecular flexibility index (Phi) is 5.24. The quantitative estimate of drug-likeness (QED) is 0.301. The molecule has 1 saturated heterocycles. The van der Waals surface area contributed by atoms with Crippen molar-refractivity contribution >= 4 is 23.4 Å². The van der Waals surface area contributed by atoms with Crippen LogP contribution in [0.25, 0.3) is 0 Å². The molecule has 0 unspecified atom stereocenters. The number of nitro groups is 1. The molecule has 1 saturated carbocycles. The molecular formula is C24H20N2O7. The summed E-state index contributed by atoms with van der Waals surface area (Å²) in [6, 6.07) is 13.9. The maximum absolute atomic E-state index is 13.6. The van der Waals surface area contributed by atoms with Crippen LogP contribution in [0.4, 0.5) is 5.69 Å². The Morgan fingerprint density at radius 1 is 0.970 bits per heavy atom. The lowest BCUT2D eigenvalue weighted by atomic mass is 9.55. The lowest BCUT2D eigenvalue weighted by Gasteiger charge is -2.50. The summed E-state index contributed by atoms with van der Waals surface area (Å²) < 4.78 is 11.1. The van der Waals surface area contributed by atoms with Crippen LogP contribution in [-0.4, -0.2) is 28.4 Å². The molecule has 2 aromatic carbocycles. The smallest absolute Gasteiger partial charge is 0.328 e. The van der Waals surface area contributed by atoms with Crippen molar-refractivity contribution in [1.82, 2.24) is 0 Å². The molecule has 9 heteroatoms. The van der Waals surface area contributed by atoms with E-state index in [0.717, 1.165) is 0 Å². The van der Waals surface area contributed by atoms with Gasteiger partial charge in [-0.3, -0.25) is 24.5 Å². The standard InChI is InChI=1S/C24H20N2O7/c1-23(2)32-21(28)24(22(29)33-23)19(14-7-9-16(10-8-14)26(30)31)11-17(27)12-20(24)18-6-4-3-5-15(18)13-25/h3-10,19-20H,11-12H2,1-2H3/t19-,20+/m1/s1.